The Kier molecular flexibility index (Phi) is 3.65. The molecule has 1 atom stereocenters. The molecule has 0 unspecified atom stereocenters. The number of carbonyl (C=O) groups is 1. The molecule has 20 heavy (non-hydrogen) atoms. The molecule has 2 heterocycles. The third-order valence-electron chi connectivity index (χ3n) is 4.48. The first kappa shape index (κ1) is 13.4. The molecule has 1 aromatic heterocycles. The maximum atomic E-state index is 12.2. The van der Waals surface area contributed by atoms with Gasteiger partial charge in [0.05, 0.1) is 12.6 Å². The highest BCUT2D eigenvalue weighted by Crippen LogP contribution is 2.46. The van der Waals surface area contributed by atoms with E-state index in [1.165, 1.54) is 0 Å². The van der Waals surface area contributed by atoms with Crippen molar-refractivity contribution in [3.63, 3.8) is 0 Å². The molecule has 2 aliphatic rings. The van der Waals surface area contributed by atoms with Crippen molar-refractivity contribution >= 4 is 6.03 Å². The number of aliphatic hydroxyl groups is 1. The number of aromatic nitrogens is 2. The van der Waals surface area contributed by atoms with Gasteiger partial charge in [-0.05, 0) is 31.7 Å². The third-order valence-corrected chi connectivity index (χ3v) is 4.48. The molecule has 1 saturated heterocycles. The van der Waals surface area contributed by atoms with Crippen molar-refractivity contribution in [2.45, 2.75) is 38.3 Å². The fourth-order valence-electron chi connectivity index (χ4n) is 2.96. The Bertz CT molecular complexity index is 456. The summed E-state index contributed by atoms with van der Waals surface area (Å²) in [5.74, 6) is 0. The van der Waals surface area contributed by atoms with Crippen LogP contribution in [0.3, 0.4) is 0 Å². The van der Waals surface area contributed by atoms with Crippen molar-refractivity contribution in [2.24, 2.45) is 5.41 Å². The minimum absolute atomic E-state index is 0.00346. The Morgan fingerprint density at radius 1 is 1.50 bits per heavy atom. The summed E-state index contributed by atoms with van der Waals surface area (Å²) in [7, 11) is 0. The molecule has 2 amide bonds. The van der Waals surface area contributed by atoms with E-state index in [2.05, 4.69) is 10.4 Å². The van der Waals surface area contributed by atoms with Crippen LogP contribution in [0.4, 0.5) is 4.79 Å². The Balaban J connectivity index is 1.50. The van der Waals surface area contributed by atoms with Gasteiger partial charge in [0.25, 0.3) is 0 Å². The van der Waals surface area contributed by atoms with E-state index >= 15 is 0 Å². The first-order valence-electron chi connectivity index (χ1n) is 7.35. The van der Waals surface area contributed by atoms with E-state index < -0.39 is 0 Å². The van der Waals surface area contributed by atoms with E-state index in [0.29, 0.717) is 6.54 Å². The van der Waals surface area contributed by atoms with E-state index in [0.717, 1.165) is 38.8 Å². The summed E-state index contributed by atoms with van der Waals surface area (Å²) in [6, 6.07) is 1.88. The van der Waals surface area contributed by atoms with Crippen LogP contribution in [0.2, 0.25) is 0 Å². The largest absolute Gasteiger partial charge is 0.394 e. The normalized spacial score (nSPS) is 23.9. The molecule has 110 valence electrons. The summed E-state index contributed by atoms with van der Waals surface area (Å²) < 4.78 is 1.94. The number of amides is 2. The standard InChI is InChI=1S/C14H22N4O2/c19-9-12-3-1-8-18(12)13(20)15-10-14(4-5-14)11-17-7-2-6-16-17/h2,6-7,12,19H,1,3-5,8-11H2,(H,15,20)/t12-/m1/s1. The van der Waals surface area contributed by atoms with Crippen molar-refractivity contribution in [1.82, 2.24) is 20.0 Å². The SMILES string of the molecule is O=C(NCC1(Cn2cccn2)CC1)N1CCC[C@@H]1CO. The molecule has 1 aliphatic carbocycles. The first-order chi connectivity index (χ1) is 9.72. The van der Waals surface area contributed by atoms with E-state index in [4.69, 9.17) is 0 Å². The van der Waals surface area contributed by atoms with Crippen molar-refractivity contribution in [3.05, 3.63) is 18.5 Å². The predicted octanol–water partition coefficient (Wildman–Crippen LogP) is 0.830. The van der Waals surface area contributed by atoms with Crippen LogP contribution in [0.5, 0.6) is 0 Å². The van der Waals surface area contributed by atoms with Crippen LogP contribution in [0.15, 0.2) is 18.5 Å². The van der Waals surface area contributed by atoms with E-state index in [1.807, 2.05) is 16.9 Å². The van der Waals surface area contributed by atoms with Gasteiger partial charge in [0.1, 0.15) is 0 Å². The van der Waals surface area contributed by atoms with Gasteiger partial charge in [-0.3, -0.25) is 4.68 Å². The van der Waals surface area contributed by atoms with E-state index in [1.54, 1.807) is 11.1 Å². The van der Waals surface area contributed by atoms with E-state index in [-0.39, 0.29) is 24.1 Å². The van der Waals surface area contributed by atoms with Gasteiger partial charge in [-0.2, -0.15) is 5.10 Å². The number of hydrogen-bond acceptors (Lipinski definition) is 3. The lowest BCUT2D eigenvalue weighted by Gasteiger charge is -2.25. The summed E-state index contributed by atoms with van der Waals surface area (Å²) in [4.78, 5) is 13.9. The molecule has 0 bridgehead atoms. The van der Waals surface area contributed by atoms with Crippen LogP contribution in [0.25, 0.3) is 0 Å². The predicted molar refractivity (Wildman–Crippen MR) is 74.1 cm³/mol. The molecule has 0 spiro atoms. The van der Waals surface area contributed by atoms with Gasteiger partial charge >= 0.3 is 6.03 Å². The van der Waals surface area contributed by atoms with Gasteiger partial charge in [-0.25, -0.2) is 4.79 Å². The van der Waals surface area contributed by atoms with Gasteiger partial charge in [-0.15, -0.1) is 0 Å². The van der Waals surface area contributed by atoms with Gasteiger partial charge in [-0.1, -0.05) is 0 Å². The zero-order valence-electron chi connectivity index (χ0n) is 11.7. The maximum absolute atomic E-state index is 12.2. The second-order valence-corrected chi connectivity index (χ2v) is 6.03. The monoisotopic (exact) mass is 278 g/mol. The van der Waals surface area contributed by atoms with Gasteiger partial charge in [0.15, 0.2) is 0 Å². The first-order valence-corrected chi connectivity index (χ1v) is 7.35. The number of nitrogens with zero attached hydrogens (tertiary/aromatic N) is 3. The number of nitrogens with one attached hydrogen (secondary N) is 1. The number of rotatable bonds is 5. The molecule has 6 nitrogen and oxygen atoms in total. The third kappa shape index (κ3) is 2.80. The highest BCUT2D eigenvalue weighted by Gasteiger charge is 2.43. The summed E-state index contributed by atoms with van der Waals surface area (Å²) in [5, 5.41) is 16.5. The minimum Gasteiger partial charge on any atom is -0.394 e. The van der Waals surface area contributed by atoms with Crippen molar-refractivity contribution in [2.75, 3.05) is 19.7 Å². The highest BCUT2D eigenvalue weighted by atomic mass is 16.3. The highest BCUT2D eigenvalue weighted by molar-refractivity contribution is 5.75. The number of urea groups is 1. The Morgan fingerprint density at radius 2 is 2.35 bits per heavy atom. The molecular formula is C14H22N4O2. The van der Waals surface area contributed by atoms with Crippen molar-refractivity contribution < 1.29 is 9.90 Å². The molecule has 3 rings (SSSR count). The van der Waals surface area contributed by atoms with Crippen LogP contribution in [0, 0.1) is 5.41 Å². The molecular weight excluding hydrogens is 256 g/mol. The number of hydrogen-bond donors (Lipinski definition) is 2. The van der Waals surface area contributed by atoms with Crippen molar-refractivity contribution in [1.29, 1.82) is 0 Å². The summed E-state index contributed by atoms with van der Waals surface area (Å²) >= 11 is 0. The smallest absolute Gasteiger partial charge is 0.317 e. The van der Waals surface area contributed by atoms with Crippen LogP contribution >= 0.6 is 0 Å². The summed E-state index contributed by atoms with van der Waals surface area (Å²) in [6.07, 6.45) is 7.90. The lowest BCUT2D eigenvalue weighted by molar-refractivity contribution is 0.155. The quantitative estimate of drug-likeness (QED) is 0.838. The number of likely N-dealkylation sites (tertiary alicyclic amines) is 1. The van der Waals surface area contributed by atoms with Crippen LogP contribution in [0.1, 0.15) is 25.7 Å². The lowest BCUT2D eigenvalue weighted by Crippen LogP contribution is -2.46. The van der Waals surface area contributed by atoms with Gasteiger partial charge < -0.3 is 15.3 Å². The van der Waals surface area contributed by atoms with E-state index in [9.17, 15) is 9.90 Å². The van der Waals surface area contributed by atoms with Gasteiger partial charge in [0, 0.05) is 37.4 Å². The fraction of sp³-hybridized carbons (Fsp3) is 0.714. The Labute approximate surface area is 118 Å². The molecule has 2 N–H and O–H groups in total. The molecule has 0 radical (unpaired) electrons. The molecule has 1 aliphatic heterocycles. The molecule has 1 aromatic rings. The second kappa shape index (κ2) is 5.44. The average Bonchev–Trinajstić information content (AvgIpc) is 2.87. The van der Waals surface area contributed by atoms with Crippen LogP contribution in [-0.2, 0) is 6.54 Å². The Hall–Kier alpha value is -1.56. The number of aliphatic hydroxyl groups excluding tert-OH is 1. The zero-order valence-corrected chi connectivity index (χ0v) is 11.7. The second-order valence-electron chi connectivity index (χ2n) is 6.03. The average molecular weight is 278 g/mol. The number of carbonyl (C=O) groups excluding carboxylic acids is 1. The van der Waals surface area contributed by atoms with Crippen molar-refractivity contribution in [3.8, 4) is 0 Å². The minimum atomic E-state index is -0.0340. The maximum Gasteiger partial charge on any atom is 0.317 e. The zero-order chi connectivity index (χ0) is 14.0. The van der Waals surface area contributed by atoms with Gasteiger partial charge in [0.2, 0.25) is 0 Å². The fourth-order valence-corrected chi connectivity index (χ4v) is 2.96. The molecule has 6 heteroatoms. The van der Waals surface area contributed by atoms with Crippen LogP contribution in [-0.4, -0.2) is 51.6 Å². The van der Waals surface area contributed by atoms with Crippen LogP contribution < -0.4 is 5.32 Å². The summed E-state index contributed by atoms with van der Waals surface area (Å²) in [6.45, 7) is 2.37. The molecule has 1 saturated carbocycles. The Morgan fingerprint density at radius 3 is 3.00 bits per heavy atom. The molecule has 0 aromatic carbocycles. The lowest BCUT2D eigenvalue weighted by atomic mass is 10.1. The summed E-state index contributed by atoms with van der Waals surface area (Å²) in [5.41, 5.74) is 0.177. The molecule has 2 fully saturated rings. The topological polar surface area (TPSA) is 70.4 Å².